The molecule has 1 aliphatic carbocycles. The maximum absolute atomic E-state index is 13.5. The zero-order valence-electron chi connectivity index (χ0n) is 14.1. The molecule has 2 heteroatoms. The molecule has 1 aromatic carbocycles. The van der Waals surface area contributed by atoms with Gasteiger partial charge in [-0.05, 0) is 56.2 Å². The summed E-state index contributed by atoms with van der Waals surface area (Å²) in [6, 6.07) is 4.05. The Morgan fingerprint density at radius 3 is 2.48 bits per heavy atom. The van der Waals surface area contributed by atoms with Crippen LogP contribution in [0, 0.1) is 35.3 Å². The first-order valence-corrected chi connectivity index (χ1v) is 8.28. The van der Waals surface area contributed by atoms with E-state index in [-0.39, 0.29) is 5.56 Å². The van der Waals surface area contributed by atoms with Crippen molar-refractivity contribution >= 4 is 0 Å². The molecule has 1 fully saturated rings. The molecule has 0 bridgehead atoms. The van der Waals surface area contributed by atoms with Gasteiger partial charge in [0.15, 0.2) is 11.6 Å². The van der Waals surface area contributed by atoms with E-state index in [4.69, 9.17) is 0 Å². The van der Waals surface area contributed by atoms with Crippen molar-refractivity contribution in [2.24, 2.45) is 11.8 Å². The Bertz CT molecular complexity index is 663. The quantitative estimate of drug-likeness (QED) is 0.461. The van der Waals surface area contributed by atoms with Crippen LogP contribution in [0.3, 0.4) is 0 Å². The average molecular weight is 314 g/mol. The number of benzene rings is 1. The highest BCUT2D eigenvalue weighted by Gasteiger charge is 2.18. The summed E-state index contributed by atoms with van der Waals surface area (Å²) in [5.74, 6) is 5.37. The molecule has 2 rings (SSSR count). The highest BCUT2D eigenvalue weighted by atomic mass is 19.2. The Kier molecular flexibility index (Phi) is 6.16. The summed E-state index contributed by atoms with van der Waals surface area (Å²) >= 11 is 0. The molecule has 1 aromatic rings. The van der Waals surface area contributed by atoms with E-state index in [0.717, 1.165) is 17.6 Å². The summed E-state index contributed by atoms with van der Waals surface area (Å²) in [6.45, 7) is 6.38. The molecule has 0 amide bonds. The second-order valence-corrected chi connectivity index (χ2v) is 6.57. The second kappa shape index (κ2) is 8.11. The molecule has 0 saturated heterocycles. The van der Waals surface area contributed by atoms with Crippen LogP contribution in [-0.2, 0) is 0 Å². The van der Waals surface area contributed by atoms with E-state index in [0.29, 0.717) is 5.92 Å². The summed E-state index contributed by atoms with van der Waals surface area (Å²) in [4.78, 5) is 0. The van der Waals surface area contributed by atoms with Crippen LogP contribution in [0.5, 0.6) is 0 Å². The van der Waals surface area contributed by atoms with Crippen LogP contribution >= 0.6 is 0 Å². The topological polar surface area (TPSA) is 0 Å². The number of allylic oxidation sites excluding steroid dienone is 4. The third-order valence-corrected chi connectivity index (χ3v) is 4.60. The highest BCUT2D eigenvalue weighted by molar-refractivity contribution is 5.42. The molecule has 0 aromatic heterocycles. The fraction of sp³-hybridized carbons (Fsp3) is 0.429. The van der Waals surface area contributed by atoms with Crippen LogP contribution in [0.15, 0.2) is 41.5 Å². The molecule has 0 radical (unpaired) electrons. The summed E-state index contributed by atoms with van der Waals surface area (Å²) in [5.41, 5.74) is 2.33. The molecule has 122 valence electrons. The predicted octanol–water partition coefficient (Wildman–Crippen LogP) is 6.04. The van der Waals surface area contributed by atoms with E-state index in [1.54, 1.807) is 0 Å². The average Bonchev–Trinajstić information content (AvgIpc) is 2.54. The van der Waals surface area contributed by atoms with E-state index >= 15 is 0 Å². The van der Waals surface area contributed by atoms with Gasteiger partial charge in [0, 0.05) is 0 Å². The molecule has 0 heterocycles. The van der Waals surface area contributed by atoms with Gasteiger partial charge in [0.2, 0.25) is 0 Å². The van der Waals surface area contributed by atoms with E-state index in [2.05, 4.69) is 31.8 Å². The van der Waals surface area contributed by atoms with Crippen LogP contribution in [-0.4, -0.2) is 0 Å². The largest absolute Gasteiger partial charge is 0.204 e. The van der Waals surface area contributed by atoms with Gasteiger partial charge in [0.25, 0.3) is 0 Å². The second-order valence-electron chi connectivity index (χ2n) is 6.57. The first-order chi connectivity index (χ1) is 11.0. The van der Waals surface area contributed by atoms with Gasteiger partial charge in [-0.3, -0.25) is 0 Å². The van der Waals surface area contributed by atoms with Crippen molar-refractivity contribution in [2.45, 2.75) is 46.5 Å². The zero-order valence-corrected chi connectivity index (χ0v) is 14.1. The van der Waals surface area contributed by atoms with Crippen molar-refractivity contribution in [3.63, 3.8) is 0 Å². The fourth-order valence-corrected chi connectivity index (χ4v) is 2.92. The van der Waals surface area contributed by atoms with Gasteiger partial charge in [-0.25, -0.2) is 8.78 Å². The van der Waals surface area contributed by atoms with Crippen LogP contribution in [0.2, 0.25) is 0 Å². The predicted molar refractivity (Wildman–Crippen MR) is 91.9 cm³/mol. The van der Waals surface area contributed by atoms with Crippen molar-refractivity contribution in [3.05, 3.63) is 58.7 Å². The maximum atomic E-state index is 13.5. The van der Waals surface area contributed by atoms with Crippen LogP contribution in [0.25, 0.3) is 0 Å². The third-order valence-electron chi connectivity index (χ3n) is 4.60. The standard InChI is InChI=1S/C21H24F2/c1-15(10-14-19-5-4-6-20(22)21(19)23)7-11-17(3)18-12-8-16(2)9-13-18/h4-7,11,16,18H,8-9,12-13H2,1-3H3/b15-7+,17-11+. The number of hydrogen-bond donors (Lipinski definition) is 0. The number of rotatable bonds is 2. The Morgan fingerprint density at radius 1 is 1.09 bits per heavy atom. The van der Waals surface area contributed by atoms with Crippen molar-refractivity contribution in [2.75, 3.05) is 0 Å². The van der Waals surface area contributed by atoms with Gasteiger partial charge < -0.3 is 0 Å². The summed E-state index contributed by atoms with van der Waals surface area (Å²) in [7, 11) is 0. The van der Waals surface area contributed by atoms with E-state index < -0.39 is 11.6 Å². The SMILES string of the molecule is C/C(C#Cc1cccc(F)c1F)=C\C=C(/C)C1CCC(C)CC1. The van der Waals surface area contributed by atoms with E-state index in [1.165, 1.54) is 43.4 Å². The Labute approximate surface area is 138 Å². The minimum Gasteiger partial charge on any atom is -0.204 e. The van der Waals surface area contributed by atoms with Gasteiger partial charge in [0.1, 0.15) is 0 Å². The minimum absolute atomic E-state index is 0.0970. The van der Waals surface area contributed by atoms with Crippen molar-refractivity contribution in [1.29, 1.82) is 0 Å². The lowest BCUT2D eigenvalue weighted by molar-refractivity contribution is 0.320. The monoisotopic (exact) mass is 314 g/mol. The molecule has 0 atom stereocenters. The van der Waals surface area contributed by atoms with Crippen molar-refractivity contribution in [3.8, 4) is 11.8 Å². The molecule has 1 aliphatic rings. The normalized spacial score (nSPS) is 22.5. The highest BCUT2D eigenvalue weighted by Crippen LogP contribution is 2.32. The summed E-state index contributed by atoms with van der Waals surface area (Å²) < 4.78 is 26.7. The lowest BCUT2D eigenvalue weighted by atomic mass is 9.79. The van der Waals surface area contributed by atoms with E-state index in [1.807, 2.05) is 13.0 Å². The summed E-state index contributed by atoms with van der Waals surface area (Å²) in [6.07, 6.45) is 9.21. The molecule has 0 unspecified atom stereocenters. The zero-order chi connectivity index (χ0) is 16.8. The Morgan fingerprint density at radius 2 is 1.78 bits per heavy atom. The molecular weight excluding hydrogens is 290 g/mol. The van der Waals surface area contributed by atoms with Gasteiger partial charge in [-0.15, -0.1) is 0 Å². The number of hydrogen-bond acceptors (Lipinski definition) is 0. The van der Waals surface area contributed by atoms with Crippen LogP contribution < -0.4 is 0 Å². The minimum atomic E-state index is -0.879. The molecule has 0 spiro atoms. The van der Waals surface area contributed by atoms with Crippen molar-refractivity contribution in [1.82, 2.24) is 0 Å². The molecule has 1 saturated carbocycles. The van der Waals surface area contributed by atoms with Crippen molar-refractivity contribution < 1.29 is 8.78 Å². The summed E-state index contributed by atoms with van der Waals surface area (Å²) in [5, 5.41) is 0. The van der Waals surface area contributed by atoms with Gasteiger partial charge in [-0.2, -0.15) is 0 Å². The maximum Gasteiger partial charge on any atom is 0.174 e. The van der Waals surface area contributed by atoms with Crippen LogP contribution in [0.4, 0.5) is 8.78 Å². The van der Waals surface area contributed by atoms with Gasteiger partial charge in [0.05, 0.1) is 5.56 Å². The molecule has 0 N–H and O–H groups in total. The van der Waals surface area contributed by atoms with E-state index in [9.17, 15) is 8.78 Å². The smallest absolute Gasteiger partial charge is 0.174 e. The fourth-order valence-electron chi connectivity index (χ4n) is 2.92. The lowest BCUT2D eigenvalue weighted by Gasteiger charge is -2.26. The lowest BCUT2D eigenvalue weighted by Crippen LogP contribution is -2.13. The third kappa shape index (κ3) is 5.06. The Balaban J connectivity index is 2.04. The Hall–Kier alpha value is -1.88. The molecule has 0 aliphatic heterocycles. The first kappa shape index (κ1) is 17.5. The molecule has 23 heavy (non-hydrogen) atoms. The molecule has 0 nitrogen and oxygen atoms in total. The molecular formula is C21H24F2. The first-order valence-electron chi connectivity index (χ1n) is 8.28. The van der Waals surface area contributed by atoms with Gasteiger partial charge in [-0.1, -0.05) is 55.4 Å². The number of halogens is 2. The van der Waals surface area contributed by atoms with Crippen LogP contribution in [0.1, 0.15) is 52.0 Å². The van der Waals surface area contributed by atoms with Gasteiger partial charge >= 0.3 is 0 Å².